The van der Waals surface area contributed by atoms with Crippen LogP contribution in [0.3, 0.4) is 0 Å². The third-order valence-corrected chi connectivity index (χ3v) is 5.90. The minimum absolute atomic E-state index is 0.284. The van der Waals surface area contributed by atoms with Crippen molar-refractivity contribution < 1.29 is 9.21 Å². The molecule has 1 aromatic carbocycles. The quantitative estimate of drug-likeness (QED) is 0.733. The number of hydrogen-bond acceptors (Lipinski definition) is 5. The number of anilines is 1. The van der Waals surface area contributed by atoms with Gasteiger partial charge in [-0.15, -0.1) is 11.3 Å². The number of aromatic nitrogens is 1. The number of hydrogen-bond donors (Lipinski definition) is 1. The van der Waals surface area contributed by atoms with Gasteiger partial charge in [-0.3, -0.25) is 15.0 Å². The lowest BCUT2D eigenvalue weighted by Gasteiger charge is -2.23. The van der Waals surface area contributed by atoms with Gasteiger partial charge in [-0.25, -0.2) is 4.98 Å². The Bertz CT molecular complexity index is 963. The topological polar surface area (TPSA) is 58.4 Å². The molecule has 0 radical (unpaired) electrons. The second kappa shape index (κ2) is 6.44. The second-order valence-corrected chi connectivity index (χ2v) is 7.63. The van der Waals surface area contributed by atoms with Gasteiger partial charge in [0.05, 0.1) is 10.7 Å². The molecule has 0 bridgehead atoms. The molecule has 0 saturated carbocycles. The maximum Gasteiger partial charge on any atom is 0.293 e. The molecule has 25 heavy (non-hydrogen) atoms. The van der Waals surface area contributed by atoms with Crippen LogP contribution in [-0.2, 0) is 13.0 Å². The summed E-state index contributed by atoms with van der Waals surface area (Å²) in [5.41, 5.74) is 2.42. The van der Waals surface area contributed by atoms with Crippen molar-refractivity contribution in [3.05, 3.63) is 45.1 Å². The van der Waals surface area contributed by atoms with Crippen LogP contribution in [0.5, 0.6) is 0 Å². The Hall–Kier alpha value is -1.89. The fourth-order valence-electron chi connectivity index (χ4n) is 3.15. The Labute approximate surface area is 154 Å². The van der Waals surface area contributed by atoms with Crippen LogP contribution < -0.4 is 5.32 Å². The lowest BCUT2D eigenvalue weighted by Crippen LogP contribution is -2.29. The van der Waals surface area contributed by atoms with Gasteiger partial charge >= 0.3 is 0 Å². The Morgan fingerprint density at radius 1 is 1.48 bits per heavy atom. The first kappa shape index (κ1) is 16.6. The third kappa shape index (κ3) is 2.94. The van der Waals surface area contributed by atoms with E-state index in [0.717, 1.165) is 42.7 Å². The van der Waals surface area contributed by atoms with Crippen molar-refractivity contribution in [3.63, 3.8) is 0 Å². The van der Waals surface area contributed by atoms with Crippen LogP contribution in [-0.4, -0.2) is 28.9 Å². The van der Waals surface area contributed by atoms with Gasteiger partial charge in [0, 0.05) is 35.3 Å². The molecule has 0 fully saturated rings. The molecule has 3 heterocycles. The predicted molar refractivity (Wildman–Crippen MR) is 101 cm³/mol. The number of carbonyl (C=O) groups excluding carboxylic acids is 1. The number of thiazole rings is 1. The van der Waals surface area contributed by atoms with Crippen molar-refractivity contribution in [2.24, 2.45) is 0 Å². The minimum atomic E-state index is -0.289. The van der Waals surface area contributed by atoms with Gasteiger partial charge in [0.2, 0.25) is 0 Å². The van der Waals surface area contributed by atoms with Crippen molar-refractivity contribution in [2.45, 2.75) is 26.8 Å². The van der Waals surface area contributed by atoms with E-state index in [-0.39, 0.29) is 11.7 Å². The van der Waals surface area contributed by atoms with Gasteiger partial charge in [0.1, 0.15) is 0 Å². The zero-order valence-corrected chi connectivity index (χ0v) is 15.6. The van der Waals surface area contributed by atoms with Gasteiger partial charge in [-0.05, 0) is 19.5 Å². The number of nitrogens with one attached hydrogen (secondary N) is 1. The van der Waals surface area contributed by atoms with Crippen LogP contribution in [0.1, 0.15) is 33.6 Å². The number of fused-ring (bicyclic) bond motifs is 2. The van der Waals surface area contributed by atoms with E-state index in [2.05, 4.69) is 22.1 Å². The van der Waals surface area contributed by atoms with Crippen LogP contribution in [0.25, 0.3) is 11.0 Å². The summed E-state index contributed by atoms with van der Waals surface area (Å²) in [5.74, 6) is -0.00494. The number of carbonyl (C=O) groups is 1. The van der Waals surface area contributed by atoms with Crippen molar-refractivity contribution >= 4 is 44.9 Å². The molecule has 4 rings (SSSR count). The first-order valence-corrected chi connectivity index (χ1v) is 9.46. The van der Waals surface area contributed by atoms with Gasteiger partial charge in [0.25, 0.3) is 5.91 Å². The number of likely N-dealkylation sites (N-methyl/N-ethyl adjacent to an activating group) is 1. The molecule has 1 N–H and O–H groups in total. The Morgan fingerprint density at radius 3 is 3.08 bits per heavy atom. The van der Waals surface area contributed by atoms with Gasteiger partial charge in [-0.1, -0.05) is 30.7 Å². The number of amides is 1. The van der Waals surface area contributed by atoms with E-state index in [0.29, 0.717) is 15.7 Å². The Morgan fingerprint density at radius 2 is 2.32 bits per heavy atom. The summed E-state index contributed by atoms with van der Waals surface area (Å²) in [4.78, 5) is 20.8. The lowest BCUT2D eigenvalue weighted by molar-refractivity contribution is 0.0998. The largest absolute Gasteiger partial charge is 0.449 e. The van der Waals surface area contributed by atoms with E-state index >= 15 is 0 Å². The molecular weight excluding hydrogens is 358 g/mol. The fraction of sp³-hybridized carbons (Fsp3) is 0.333. The monoisotopic (exact) mass is 375 g/mol. The fourth-order valence-corrected chi connectivity index (χ4v) is 4.41. The maximum atomic E-state index is 12.7. The Balaban J connectivity index is 1.60. The van der Waals surface area contributed by atoms with Gasteiger partial charge in [0.15, 0.2) is 16.5 Å². The molecule has 1 amide bonds. The molecule has 0 atom stereocenters. The summed E-state index contributed by atoms with van der Waals surface area (Å²) >= 11 is 7.70. The Kier molecular flexibility index (Phi) is 4.27. The summed E-state index contributed by atoms with van der Waals surface area (Å²) < 4.78 is 5.72. The molecule has 0 unspecified atom stereocenters. The van der Waals surface area contributed by atoms with Crippen molar-refractivity contribution in [1.82, 2.24) is 9.88 Å². The molecule has 1 aliphatic rings. The van der Waals surface area contributed by atoms with Crippen LogP contribution in [0.4, 0.5) is 5.13 Å². The number of benzene rings is 1. The van der Waals surface area contributed by atoms with E-state index < -0.39 is 0 Å². The number of halogens is 1. The van der Waals surface area contributed by atoms with Crippen LogP contribution in [0.15, 0.2) is 22.6 Å². The zero-order chi connectivity index (χ0) is 17.6. The average Bonchev–Trinajstić information content (AvgIpc) is 3.16. The predicted octanol–water partition coefficient (Wildman–Crippen LogP) is 4.48. The highest BCUT2D eigenvalue weighted by molar-refractivity contribution is 7.15. The van der Waals surface area contributed by atoms with E-state index in [1.54, 1.807) is 17.4 Å². The minimum Gasteiger partial charge on any atom is -0.449 e. The highest BCUT2D eigenvalue weighted by Gasteiger charge is 2.23. The molecule has 5 nitrogen and oxygen atoms in total. The average molecular weight is 376 g/mol. The van der Waals surface area contributed by atoms with E-state index in [1.165, 1.54) is 4.88 Å². The number of furan rings is 1. The summed E-state index contributed by atoms with van der Waals surface area (Å²) in [7, 11) is 0. The molecule has 2 aromatic heterocycles. The first-order chi connectivity index (χ1) is 12.1. The molecule has 0 aliphatic carbocycles. The first-order valence-electron chi connectivity index (χ1n) is 8.26. The number of nitrogens with zero attached hydrogens (tertiary/aromatic N) is 2. The number of rotatable bonds is 3. The zero-order valence-electron chi connectivity index (χ0n) is 14.1. The molecular formula is C18H18ClN3O2S. The van der Waals surface area contributed by atoms with E-state index in [9.17, 15) is 4.79 Å². The number of para-hydroxylation sites is 1. The summed E-state index contributed by atoms with van der Waals surface area (Å²) in [6.07, 6.45) is 0.925. The highest BCUT2D eigenvalue weighted by atomic mass is 35.5. The molecule has 130 valence electrons. The molecule has 3 aromatic rings. The van der Waals surface area contributed by atoms with Crippen LogP contribution >= 0.6 is 22.9 Å². The van der Waals surface area contributed by atoms with Crippen molar-refractivity contribution in [2.75, 3.05) is 18.4 Å². The molecule has 0 saturated heterocycles. The summed E-state index contributed by atoms with van der Waals surface area (Å²) in [5, 5.41) is 4.87. The van der Waals surface area contributed by atoms with E-state index in [4.69, 9.17) is 16.0 Å². The third-order valence-electron chi connectivity index (χ3n) is 4.60. The second-order valence-electron chi connectivity index (χ2n) is 6.13. The molecule has 7 heteroatoms. The maximum absolute atomic E-state index is 12.7. The van der Waals surface area contributed by atoms with Crippen LogP contribution in [0, 0.1) is 6.92 Å². The van der Waals surface area contributed by atoms with Gasteiger partial charge < -0.3 is 4.42 Å². The SMILES string of the molecule is CCN1CCc2nc(NC(=O)c3oc4c(Cl)cccc4c3C)sc2C1. The molecule has 1 aliphatic heterocycles. The van der Waals surface area contributed by atoms with E-state index in [1.807, 2.05) is 19.1 Å². The van der Waals surface area contributed by atoms with Gasteiger partial charge in [-0.2, -0.15) is 0 Å². The number of aryl methyl sites for hydroxylation is 1. The summed E-state index contributed by atoms with van der Waals surface area (Å²) in [6.45, 7) is 6.96. The van der Waals surface area contributed by atoms with Crippen molar-refractivity contribution in [1.29, 1.82) is 0 Å². The standard InChI is InChI=1S/C18H18ClN3O2S/c1-3-22-8-7-13-14(9-22)25-18(20-13)21-17(23)15-10(2)11-5-4-6-12(19)16(11)24-15/h4-6H,3,7-9H2,1-2H3,(H,20,21,23). The summed E-state index contributed by atoms with van der Waals surface area (Å²) in [6, 6.07) is 5.50. The molecule has 0 spiro atoms. The normalized spacial score (nSPS) is 14.7. The lowest BCUT2D eigenvalue weighted by atomic mass is 10.1. The van der Waals surface area contributed by atoms with Crippen LogP contribution in [0.2, 0.25) is 5.02 Å². The van der Waals surface area contributed by atoms with Crippen molar-refractivity contribution in [3.8, 4) is 0 Å². The highest BCUT2D eigenvalue weighted by Crippen LogP contribution is 2.32. The smallest absolute Gasteiger partial charge is 0.293 e.